The van der Waals surface area contributed by atoms with Crippen molar-refractivity contribution in [1.82, 2.24) is 9.78 Å². The third-order valence-electron chi connectivity index (χ3n) is 3.58. The van der Waals surface area contributed by atoms with Gasteiger partial charge in [-0.1, -0.05) is 6.07 Å². The molecule has 0 bridgehead atoms. The van der Waals surface area contributed by atoms with Gasteiger partial charge in [0.15, 0.2) is 5.69 Å². The fourth-order valence-electron chi connectivity index (χ4n) is 2.33. The van der Waals surface area contributed by atoms with E-state index < -0.39 is 5.97 Å². The highest BCUT2D eigenvalue weighted by Gasteiger charge is 2.15. The molecule has 24 heavy (non-hydrogen) atoms. The van der Waals surface area contributed by atoms with Crippen molar-refractivity contribution in [2.24, 2.45) is 0 Å². The van der Waals surface area contributed by atoms with E-state index >= 15 is 0 Å². The van der Waals surface area contributed by atoms with Crippen LogP contribution in [0.2, 0.25) is 0 Å². The second-order valence-electron chi connectivity index (χ2n) is 5.19. The van der Waals surface area contributed by atoms with E-state index in [0.717, 1.165) is 16.9 Å². The third-order valence-corrected chi connectivity index (χ3v) is 3.58. The van der Waals surface area contributed by atoms with E-state index in [1.165, 1.54) is 0 Å². The molecule has 1 heterocycles. The van der Waals surface area contributed by atoms with Crippen LogP contribution in [0.4, 0.5) is 5.69 Å². The SMILES string of the molecule is CCOCc1cc(CNc2cn(CC)nc2C(=O)O)ccc1OC. The number of carboxylic acids is 1. The molecule has 0 radical (unpaired) electrons. The van der Waals surface area contributed by atoms with E-state index in [0.29, 0.717) is 32.0 Å². The largest absolute Gasteiger partial charge is 0.496 e. The predicted octanol–water partition coefficient (Wildman–Crippen LogP) is 2.76. The minimum absolute atomic E-state index is 0.0277. The summed E-state index contributed by atoms with van der Waals surface area (Å²) in [6.07, 6.45) is 1.70. The number of hydrogen-bond acceptors (Lipinski definition) is 5. The van der Waals surface area contributed by atoms with E-state index in [4.69, 9.17) is 9.47 Å². The zero-order valence-electron chi connectivity index (χ0n) is 14.2. The van der Waals surface area contributed by atoms with Gasteiger partial charge in [0.05, 0.1) is 19.4 Å². The molecule has 0 aliphatic heterocycles. The molecule has 130 valence electrons. The average Bonchev–Trinajstić information content (AvgIpc) is 3.01. The number of ether oxygens (including phenoxy) is 2. The summed E-state index contributed by atoms with van der Waals surface area (Å²) in [5.74, 6) is -0.270. The lowest BCUT2D eigenvalue weighted by molar-refractivity contribution is 0.0690. The van der Waals surface area contributed by atoms with Crippen LogP contribution < -0.4 is 10.1 Å². The summed E-state index contributed by atoms with van der Waals surface area (Å²) in [5.41, 5.74) is 2.50. The van der Waals surface area contributed by atoms with Crippen molar-refractivity contribution in [1.29, 1.82) is 0 Å². The molecule has 0 saturated heterocycles. The summed E-state index contributed by atoms with van der Waals surface area (Å²) in [6.45, 7) is 6.05. The minimum Gasteiger partial charge on any atom is -0.496 e. The zero-order valence-corrected chi connectivity index (χ0v) is 14.2. The first kappa shape index (κ1) is 17.8. The van der Waals surface area contributed by atoms with Crippen molar-refractivity contribution < 1.29 is 19.4 Å². The Bertz CT molecular complexity index is 697. The highest BCUT2D eigenvalue weighted by Crippen LogP contribution is 2.22. The molecule has 0 saturated carbocycles. The molecule has 0 aliphatic carbocycles. The molecule has 0 fully saturated rings. The van der Waals surface area contributed by atoms with Gasteiger partial charge in [-0.2, -0.15) is 5.10 Å². The number of carboxylic acid groups (broad SMARTS) is 1. The first-order valence-electron chi connectivity index (χ1n) is 7.87. The van der Waals surface area contributed by atoms with Gasteiger partial charge in [-0.05, 0) is 31.5 Å². The van der Waals surface area contributed by atoms with E-state index in [1.54, 1.807) is 18.0 Å². The van der Waals surface area contributed by atoms with Gasteiger partial charge in [0.1, 0.15) is 5.75 Å². The Balaban J connectivity index is 2.14. The molecule has 0 unspecified atom stereocenters. The molecule has 0 amide bonds. The van der Waals surface area contributed by atoms with Crippen molar-refractivity contribution in [2.75, 3.05) is 19.0 Å². The van der Waals surface area contributed by atoms with Crippen LogP contribution in [0.1, 0.15) is 35.5 Å². The topological polar surface area (TPSA) is 85.6 Å². The third kappa shape index (κ3) is 4.26. The van der Waals surface area contributed by atoms with E-state index in [1.807, 2.05) is 32.0 Å². The summed E-state index contributed by atoms with van der Waals surface area (Å²) in [6, 6.07) is 5.82. The normalized spacial score (nSPS) is 10.6. The molecular formula is C17H23N3O4. The van der Waals surface area contributed by atoms with E-state index in [2.05, 4.69) is 10.4 Å². The van der Waals surface area contributed by atoms with Crippen LogP contribution in [-0.2, 0) is 24.4 Å². The molecule has 7 heteroatoms. The number of aromatic nitrogens is 2. The van der Waals surface area contributed by atoms with Crippen LogP contribution in [0.15, 0.2) is 24.4 Å². The first-order valence-corrected chi connectivity index (χ1v) is 7.87. The van der Waals surface area contributed by atoms with E-state index in [9.17, 15) is 9.90 Å². The number of carbonyl (C=O) groups is 1. The Morgan fingerprint density at radius 3 is 2.79 bits per heavy atom. The molecule has 2 N–H and O–H groups in total. The Morgan fingerprint density at radius 1 is 1.38 bits per heavy atom. The maximum absolute atomic E-state index is 11.3. The quantitative estimate of drug-likeness (QED) is 0.734. The van der Waals surface area contributed by atoms with Gasteiger partial charge in [0, 0.05) is 31.5 Å². The van der Waals surface area contributed by atoms with Crippen molar-refractivity contribution >= 4 is 11.7 Å². The van der Waals surface area contributed by atoms with Crippen LogP contribution in [-0.4, -0.2) is 34.6 Å². The highest BCUT2D eigenvalue weighted by molar-refractivity contribution is 5.91. The Hall–Kier alpha value is -2.54. The van der Waals surface area contributed by atoms with Crippen molar-refractivity contribution in [3.8, 4) is 5.75 Å². The molecule has 0 spiro atoms. The van der Waals surface area contributed by atoms with Crippen LogP contribution in [0.25, 0.3) is 0 Å². The lowest BCUT2D eigenvalue weighted by Crippen LogP contribution is -2.06. The highest BCUT2D eigenvalue weighted by atomic mass is 16.5. The predicted molar refractivity (Wildman–Crippen MR) is 90.5 cm³/mol. The van der Waals surface area contributed by atoms with E-state index in [-0.39, 0.29) is 5.69 Å². The summed E-state index contributed by atoms with van der Waals surface area (Å²) in [7, 11) is 1.63. The van der Waals surface area contributed by atoms with Crippen molar-refractivity contribution in [3.05, 3.63) is 41.2 Å². The van der Waals surface area contributed by atoms with Gasteiger partial charge < -0.3 is 19.9 Å². The number of benzene rings is 1. The number of anilines is 1. The summed E-state index contributed by atoms with van der Waals surface area (Å²) < 4.78 is 12.4. The Labute approximate surface area is 141 Å². The molecule has 7 nitrogen and oxygen atoms in total. The monoisotopic (exact) mass is 333 g/mol. The fraction of sp³-hybridized carbons (Fsp3) is 0.412. The molecule has 1 aromatic heterocycles. The Kier molecular flexibility index (Phi) is 6.20. The molecule has 1 aromatic carbocycles. The number of nitrogens with one attached hydrogen (secondary N) is 1. The lowest BCUT2D eigenvalue weighted by atomic mass is 10.1. The molecule has 2 aromatic rings. The zero-order chi connectivity index (χ0) is 17.5. The Morgan fingerprint density at radius 2 is 2.17 bits per heavy atom. The number of aromatic carboxylic acids is 1. The van der Waals surface area contributed by atoms with Crippen LogP contribution in [0.3, 0.4) is 0 Å². The van der Waals surface area contributed by atoms with Crippen LogP contribution in [0.5, 0.6) is 5.75 Å². The smallest absolute Gasteiger partial charge is 0.358 e. The second-order valence-corrected chi connectivity index (χ2v) is 5.19. The van der Waals surface area contributed by atoms with Crippen LogP contribution in [0, 0.1) is 0 Å². The second kappa shape index (κ2) is 8.35. The van der Waals surface area contributed by atoms with Gasteiger partial charge in [-0.15, -0.1) is 0 Å². The van der Waals surface area contributed by atoms with Crippen molar-refractivity contribution in [3.63, 3.8) is 0 Å². The van der Waals surface area contributed by atoms with Gasteiger partial charge in [-0.3, -0.25) is 4.68 Å². The first-order chi connectivity index (χ1) is 11.6. The minimum atomic E-state index is -1.04. The van der Waals surface area contributed by atoms with Crippen LogP contribution >= 0.6 is 0 Å². The maximum Gasteiger partial charge on any atom is 0.358 e. The lowest BCUT2D eigenvalue weighted by Gasteiger charge is -2.11. The number of methoxy groups -OCH3 is 1. The maximum atomic E-state index is 11.3. The van der Waals surface area contributed by atoms with Gasteiger partial charge >= 0.3 is 5.97 Å². The summed E-state index contributed by atoms with van der Waals surface area (Å²) in [4.78, 5) is 11.3. The standard InChI is InChI=1S/C17H23N3O4/c1-4-20-10-14(16(19-20)17(21)22)18-9-12-6-7-15(23-3)13(8-12)11-24-5-2/h6-8,10,18H,4-5,9,11H2,1-3H3,(H,21,22). The number of hydrogen-bond donors (Lipinski definition) is 2. The summed E-state index contributed by atoms with van der Waals surface area (Å²) >= 11 is 0. The number of nitrogens with zero attached hydrogens (tertiary/aromatic N) is 2. The number of rotatable bonds is 9. The van der Waals surface area contributed by atoms with Gasteiger partial charge in [0.25, 0.3) is 0 Å². The fourth-order valence-corrected chi connectivity index (χ4v) is 2.33. The number of aryl methyl sites for hydroxylation is 1. The van der Waals surface area contributed by atoms with Gasteiger partial charge in [-0.25, -0.2) is 4.79 Å². The average molecular weight is 333 g/mol. The van der Waals surface area contributed by atoms with Gasteiger partial charge in [0.2, 0.25) is 0 Å². The molecule has 0 aliphatic rings. The van der Waals surface area contributed by atoms with Crippen molar-refractivity contribution in [2.45, 2.75) is 33.5 Å². The molecular weight excluding hydrogens is 310 g/mol. The molecule has 0 atom stereocenters. The molecule has 2 rings (SSSR count). The summed E-state index contributed by atoms with van der Waals surface area (Å²) in [5, 5.41) is 16.4.